The molecule has 0 saturated heterocycles. The molecule has 0 bridgehead atoms. The first-order chi connectivity index (χ1) is 10.5. The number of methoxy groups -OCH3 is 1. The molecule has 0 unspecified atom stereocenters. The molecular weight excluding hydrogens is 276 g/mol. The van der Waals surface area contributed by atoms with Crippen molar-refractivity contribution in [2.45, 2.75) is 25.7 Å². The predicted octanol–water partition coefficient (Wildman–Crippen LogP) is 3.95. The minimum absolute atomic E-state index is 0.0637. The van der Waals surface area contributed by atoms with Gasteiger partial charge in [-0.3, -0.25) is 4.79 Å². The van der Waals surface area contributed by atoms with E-state index in [1.165, 1.54) is 18.2 Å². The monoisotopic (exact) mass is 298 g/mol. The van der Waals surface area contributed by atoms with Crippen molar-refractivity contribution in [3.63, 3.8) is 0 Å². The van der Waals surface area contributed by atoms with Crippen molar-refractivity contribution in [3.05, 3.63) is 65.7 Å². The second-order valence-electron chi connectivity index (χ2n) is 5.69. The molecule has 2 aromatic carbocycles. The Hall–Kier alpha value is -2.29. The maximum Gasteiger partial charge on any atom is 0.308 e. The van der Waals surface area contributed by atoms with Gasteiger partial charge >= 0.3 is 5.97 Å². The molecule has 3 heteroatoms. The van der Waals surface area contributed by atoms with E-state index in [1.807, 2.05) is 18.2 Å². The topological polar surface area (TPSA) is 35.5 Å². The molecule has 0 saturated carbocycles. The Bertz CT molecular complexity index is 600. The number of hydrogen-bond donors (Lipinski definition) is 0. The number of esters is 1. The van der Waals surface area contributed by atoms with E-state index in [-0.39, 0.29) is 17.8 Å². The molecule has 0 aliphatic rings. The first kappa shape index (κ1) is 16.1. The lowest BCUT2D eigenvalue weighted by Crippen LogP contribution is -2.18. The Morgan fingerprint density at radius 3 is 2.14 bits per heavy atom. The summed E-state index contributed by atoms with van der Waals surface area (Å²) in [6, 6.07) is 18.4. The summed E-state index contributed by atoms with van der Waals surface area (Å²) in [5.41, 5.74) is 2.43. The molecule has 0 spiro atoms. The van der Waals surface area contributed by atoms with E-state index in [4.69, 9.17) is 4.74 Å². The van der Waals surface area contributed by atoms with Crippen molar-refractivity contribution in [2.75, 3.05) is 13.7 Å². The molecule has 2 aromatic rings. The summed E-state index contributed by atoms with van der Waals surface area (Å²) >= 11 is 0. The van der Waals surface area contributed by atoms with Crippen LogP contribution in [-0.4, -0.2) is 19.7 Å². The number of carbonyl (C=O) groups excluding carboxylic acids is 1. The number of rotatable bonds is 6. The summed E-state index contributed by atoms with van der Waals surface area (Å²) in [6.45, 7) is 4.74. The summed E-state index contributed by atoms with van der Waals surface area (Å²) in [6.07, 6.45) is 0.258. The Kier molecular flexibility index (Phi) is 5.21. The SMILES string of the molecule is COC(=O)CCOc1ccc(C(C)(C)c2ccccc2)cc1. The maximum absolute atomic E-state index is 11.0. The van der Waals surface area contributed by atoms with Gasteiger partial charge in [0, 0.05) is 5.41 Å². The fourth-order valence-electron chi connectivity index (χ4n) is 2.34. The number of hydrogen-bond acceptors (Lipinski definition) is 3. The van der Waals surface area contributed by atoms with E-state index in [0.717, 1.165) is 5.75 Å². The average Bonchev–Trinajstić information content (AvgIpc) is 2.56. The van der Waals surface area contributed by atoms with Gasteiger partial charge in [-0.1, -0.05) is 56.3 Å². The zero-order chi connectivity index (χ0) is 16.0. The van der Waals surface area contributed by atoms with Gasteiger partial charge < -0.3 is 9.47 Å². The second-order valence-corrected chi connectivity index (χ2v) is 5.69. The second kappa shape index (κ2) is 7.12. The van der Waals surface area contributed by atoms with Gasteiger partial charge in [-0.05, 0) is 23.3 Å². The first-order valence-electron chi connectivity index (χ1n) is 7.39. The average molecular weight is 298 g/mol. The minimum Gasteiger partial charge on any atom is -0.493 e. The van der Waals surface area contributed by atoms with E-state index in [0.29, 0.717) is 6.61 Å². The normalized spacial score (nSPS) is 11.0. The molecule has 2 rings (SSSR count). The van der Waals surface area contributed by atoms with Gasteiger partial charge in [0.05, 0.1) is 20.1 Å². The van der Waals surface area contributed by atoms with Crippen LogP contribution in [0.2, 0.25) is 0 Å². The quantitative estimate of drug-likeness (QED) is 0.757. The highest BCUT2D eigenvalue weighted by atomic mass is 16.5. The fourth-order valence-corrected chi connectivity index (χ4v) is 2.34. The molecular formula is C19H22O3. The van der Waals surface area contributed by atoms with Gasteiger partial charge in [0.15, 0.2) is 0 Å². The smallest absolute Gasteiger partial charge is 0.308 e. The van der Waals surface area contributed by atoms with Crippen LogP contribution in [-0.2, 0) is 14.9 Å². The van der Waals surface area contributed by atoms with Crippen molar-refractivity contribution in [1.82, 2.24) is 0 Å². The first-order valence-corrected chi connectivity index (χ1v) is 7.39. The van der Waals surface area contributed by atoms with E-state index in [1.54, 1.807) is 0 Å². The summed E-state index contributed by atoms with van der Waals surface area (Å²) in [7, 11) is 1.38. The summed E-state index contributed by atoms with van der Waals surface area (Å²) in [5.74, 6) is 0.498. The minimum atomic E-state index is -0.262. The summed E-state index contributed by atoms with van der Waals surface area (Å²) in [4.78, 5) is 11.0. The van der Waals surface area contributed by atoms with Crippen LogP contribution in [0.3, 0.4) is 0 Å². The highest BCUT2D eigenvalue weighted by Gasteiger charge is 2.22. The van der Waals surface area contributed by atoms with E-state index in [9.17, 15) is 4.79 Å². The van der Waals surface area contributed by atoms with Crippen LogP contribution in [0.15, 0.2) is 54.6 Å². The third kappa shape index (κ3) is 3.88. The van der Waals surface area contributed by atoms with Crippen LogP contribution in [0.5, 0.6) is 5.75 Å². The standard InChI is InChI=1S/C19H22O3/c1-19(2,15-7-5-4-6-8-15)16-9-11-17(12-10-16)22-14-13-18(20)21-3/h4-12H,13-14H2,1-3H3. The Morgan fingerprint density at radius 2 is 1.55 bits per heavy atom. The van der Waals surface area contributed by atoms with Crippen LogP contribution >= 0.6 is 0 Å². The van der Waals surface area contributed by atoms with Crippen LogP contribution in [0, 0.1) is 0 Å². The molecule has 116 valence electrons. The van der Waals surface area contributed by atoms with Crippen molar-refractivity contribution in [1.29, 1.82) is 0 Å². The number of ether oxygens (including phenoxy) is 2. The van der Waals surface area contributed by atoms with Crippen molar-refractivity contribution < 1.29 is 14.3 Å². The molecule has 0 N–H and O–H groups in total. The number of benzene rings is 2. The summed E-state index contributed by atoms with van der Waals surface area (Å²) in [5, 5.41) is 0. The fraction of sp³-hybridized carbons (Fsp3) is 0.316. The van der Waals surface area contributed by atoms with Crippen molar-refractivity contribution >= 4 is 5.97 Å². The van der Waals surface area contributed by atoms with Gasteiger partial charge in [-0.15, -0.1) is 0 Å². The predicted molar refractivity (Wildman–Crippen MR) is 87.1 cm³/mol. The summed E-state index contributed by atoms with van der Waals surface area (Å²) < 4.78 is 10.1. The third-order valence-electron chi connectivity index (χ3n) is 3.87. The maximum atomic E-state index is 11.0. The highest BCUT2D eigenvalue weighted by molar-refractivity contribution is 5.69. The molecule has 0 aliphatic carbocycles. The Morgan fingerprint density at radius 1 is 0.955 bits per heavy atom. The molecule has 0 heterocycles. The lowest BCUT2D eigenvalue weighted by atomic mass is 9.78. The zero-order valence-corrected chi connectivity index (χ0v) is 13.3. The number of carbonyl (C=O) groups is 1. The van der Waals surface area contributed by atoms with E-state index >= 15 is 0 Å². The molecule has 0 aliphatic heterocycles. The van der Waals surface area contributed by atoms with E-state index in [2.05, 4.69) is 55.0 Å². The van der Waals surface area contributed by atoms with Gasteiger partial charge in [0.2, 0.25) is 0 Å². The lowest BCUT2D eigenvalue weighted by molar-refractivity contribution is -0.141. The van der Waals surface area contributed by atoms with Gasteiger partial charge in [-0.2, -0.15) is 0 Å². The zero-order valence-electron chi connectivity index (χ0n) is 13.3. The molecule has 3 nitrogen and oxygen atoms in total. The van der Waals surface area contributed by atoms with Gasteiger partial charge in [0.25, 0.3) is 0 Å². The van der Waals surface area contributed by atoms with Crippen LogP contribution < -0.4 is 4.74 Å². The Balaban J connectivity index is 2.04. The molecule has 0 radical (unpaired) electrons. The molecule has 0 amide bonds. The molecule has 0 fully saturated rings. The largest absolute Gasteiger partial charge is 0.493 e. The van der Waals surface area contributed by atoms with E-state index < -0.39 is 0 Å². The van der Waals surface area contributed by atoms with Crippen LogP contribution in [0.25, 0.3) is 0 Å². The van der Waals surface area contributed by atoms with Crippen molar-refractivity contribution in [2.24, 2.45) is 0 Å². The highest BCUT2D eigenvalue weighted by Crippen LogP contribution is 2.32. The molecule has 0 aromatic heterocycles. The van der Waals surface area contributed by atoms with Crippen LogP contribution in [0.4, 0.5) is 0 Å². The van der Waals surface area contributed by atoms with Crippen LogP contribution in [0.1, 0.15) is 31.4 Å². The Labute approximate surface area is 131 Å². The van der Waals surface area contributed by atoms with Gasteiger partial charge in [-0.25, -0.2) is 0 Å². The molecule has 22 heavy (non-hydrogen) atoms. The van der Waals surface area contributed by atoms with Crippen molar-refractivity contribution in [3.8, 4) is 5.75 Å². The molecule has 0 atom stereocenters. The lowest BCUT2D eigenvalue weighted by Gasteiger charge is -2.26. The van der Waals surface area contributed by atoms with Gasteiger partial charge in [0.1, 0.15) is 5.75 Å². The third-order valence-corrected chi connectivity index (χ3v) is 3.87.